The summed E-state index contributed by atoms with van der Waals surface area (Å²) in [5.74, 6) is 2.23. The van der Waals surface area contributed by atoms with E-state index in [4.69, 9.17) is 0 Å². The lowest BCUT2D eigenvalue weighted by molar-refractivity contribution is 0.266. The molecule has 1 aromatic rings. The first-order chi connectivity index (χ1) is 13.3. The third-order valence-corrected chi connectivity index (χ3v) is 6.24. The van der Waals surface area contributed by atoms with Crippen molar-refractivity contribution < 1.29 is 0 Å². The Morgan fingerprint density at radius 3 is 2.59 bits per heavy atom. The van der Waals surface area contributed by atoms with E-state index < -0.39 is 0 Å². The van der Waals surface area contributed by atoms with Crippen LogP contribution in [-0.4, -0.2) is 34.9 Å². The van der Waals surface area contributed by atoms with Gasteiger partial charge in [0, 0.05) is 19.3 Å². The largest absolute Gasteiger partial charge is 0.370 e. The third-order valence-electron chi connectivity index (χ3n) is 6.24. The lowest BCUT2D eigenvalue weighted by Gasteiger charge is -2.37. The molecule has 1 atom stereocenters. The van der Waals surface area contributed by atoms with E-state index in [1.54, 1.807) is 0 Å². The van der Waals surface area contributed by atoms with E-state index in [9.17, 15) is 5.26 Å². The molecule has 0 amide bonds. The second-order valence-electron chi connectivity index (χ2n) is 8.03. The van der Waals surface area contributed by atoms with Gasteiger partial charge in [0.25, 0.3) is 0 Å². The van der Waals surface area contributed by atoms with E-state index in [1.807, 2.05) is 0 Å². The van der Waals surface area contributed by atoms with Gasteiger partial charge in [0.15, 0.2) is 5.84 Å². The molecule has 1 saturated carbocycles. The number of nitriles is 1. The standard InChI is InChI=1S/C22H25N5/c23-15-19-20(10-13-27-21(14-16-6-7-16)24-25-22(19)27)26-11-8-18(9-12-26)17-4-2-1-3-5-17/h1-5,10,13,16,18,21,24H,6-9,11-12,14H2. The average molecular weight is 359 g/mol. The van der Waals surface area contributed by atoms with Crippen LogP contribution in [0, 0.1) is 17.2 Å². The van der Waals surface area contributed by atoms with Crippen LogP contribution in [0.4, 0.5) is 0 Å². The van der Waals surface area contributed by atoms with E-state index in [2.05, 4.69) is 69.0 Å². The first-order valence-corrected chi connectivity index (χ1v) is 10.1. The third kappa shape index (κ3) is 3.10. The molecule has 0 spiro atoms. The fourth-order valence-corrected chi connectivity index (χ4v) is 4.50. The molecule has 27 heavy (non-hydrogen) atoms. The van der Waals surface area contributed by atoms with Gasteiger partial charge in [-0.15, -0.1) is 0 Å². The minimum Gasteiger partial charge on any atom is -0.370 e. The lowest BCUT2D eigenvalue weighted by Crippen LogP contribution is -2.41. The van der Waals surface area contributed by atoms with Crippen LogP contribution in [0.2, 0.25) is 0 Å². The van der Waals surface area contributed by atoms with Gasteiger partial charge in [-0.25, -0.2) is 0 Å². The summed E-state index contributed by atoms with van der Waals surface area (Å²) in [6.07, 6.45) is 10.4. The van der Waals surface area contributed by atoms with Crippen molar-refractivity contribution in [2.24, 2.45) is 11.0 Å². The van der Waals surface area contributed by atoms with Crippen molar-refractivity contribution in [3.63, 3.8) is 0 Å². The Bertz CT molecular complexity index is 835. The number of nitrogens with zero attached hydrogens (tertiary/aromatic N) is 4. The van der Waals surface area contributed by atoms with Crippen LogP contribution in [0.1, 0.15) is 43.6 Å². The van der Waals surface area contributed by atoms with E-state index in [0.29, 0.717) is 11.5 Å². The van der Waals surface area contributed by atoms with Gasteiger partial charge in [-0.2, -0.15) is 10.4 Å². The van der Waals surface area contributed by atoms with Gasteiger partial charge >= 0.3 is 0 Å². The van der Waals surface area contributed by atoms with E-state index in [1.165, 1.54) is 18.4 Å². The zero-order chi connectivity index (χ0) is 18.2. The first kappa shape index (κ1) is 16.4. The zero-order valence-electron chi connectivity index (χ0n) is 15.5. The molecule has 5 heteroatoms. The molecule has 3 aliphatic heterocycles. The number of allylic oxidation sites excluding steroid dienone is 1. The maximum absolute atomic E-state index is 9.85. The molecule has 2 fully saturated rings. The molecule has 3 heterocycles. The van der Waals surface area contributed by atoms with Crippen molar-refractivity contribution in [3.8, 4) is 6.07 Å². The van der Waals surface area contributed by atoms with Crippen LogP contribution >= 0.6 is 0 Å². The molecule has 0 bridgehead atoms. The van der Waals surface area contributed by atoms with E-state index >= 15 is 0 Å². The molecule has 0 radical (unpaired) electrons. The number of amidine groups is 1. The Morgan fingerprint density at radius 1 is 1.11 bits per heavy atom. The number of fused-ring (bicyclic) bond motifs is 1. The minimum absolute atomic E-state index is 0.206. The summed E-state index contributed by atoms with van der Waals surface area (Å²) in [4.78, 5) is 4.51. The van der Waals surface area contributed by atoms with Crippen molar-refractivity contribution in [2.45, 2.75) is 44.2 Å². The van der Waals surface area contributed by atoms with Crippen molar-refractivity contribution in [2.75, 3.05) is 13.1 Å². The molecule has 0 aromatic heterocycles. The highest BCUT2D eigenvalue weighted by atomic mass is 15.5. The van der Waals surface area contributed by atoms with Gasteiger partial charge in [0.05, 0.1) is 5.70 Å². The van der Waals surface area contributed by atoms with Gasteiger partial charge in [-0.3, -0.25) is 5.43 Å². The van der Waals surface area contributed by atoms with Gasteiger partial charge in [0.2, 0.25) is 0 Å². The number of piperidine rings is 1. The monoisotopic (exact) mass is 359 g/mol. The topological polar surface area (TPSA) is 54.7 Å². The summed E-state index contributed by atoms with van der Waals surface area (Å²) in [5, 5.41) is 14.4. The van der Waals surface area contributed by atoms with Crippen LogP contribution < -0.4 is 5.43 Å². The van der Waals surface area contributed by atoms with Gasteiger partial charge in [-0.05, 0) is 42.7 Å². The highest BCUT2D eigenvalue weighted by Crippen LogP contribution is 2.37. The van der Waals surface area contributed by atoms with Crippen LogP contribution in [-0.2, 0) is 0 Å². The second-order valence-corrected chi connectivity index (χ2v) is 8.03. The summed E-state index contributed by atoms with van der Waals surface area (Å²) < 4.78 is 0. The SMILES string of the molecule is N#CC1=C(N2CCC(c3ccccc3)CC2)C=CN2C1=NNC2CC1CC1. The first-order valence-electron chi connectivity index (χ1n) is 10.1. The number of likely N-dealkylation sites (tertiary alicyclic amines) is 1. The number of rotatable bonds is 4. The Labute approximate surface area is 160 Å². The van der Waals surface area contributed by atoms with Gasteiger partial charge in [-0.1, -0.05) is 43.2 Å². The Hall–Kier alpha value is -2.74. The summed E-state index contributed by atoms with van der Waals surface area (Å²) in [5.41, 5.74) is 6.42. The molecular weight excluding hydrogens is 334 g/mol. The average Bonchev–Trinajstić information content (AvgIpc) is 3.46. The van der Waals surface area contributed by atoms with Crippen LogP contribution in [0.25, 0.3) is 0 Å². The molecule has 1 saturated heterocycles. The number of nitrogens with one attached hydrogen (secondary N) is 1. The zero-order valence-corrected chi connectivity index (χ0v) is 15.5. The fraction of sp³-hybridized carbons (Fsp3) is 0.455. The maximum atomic E-state index is 9.85. The highest BCUT2D eigenvalue weighted by molar-refractivity contribution is 6.05. The van der Waals surface area contributed by atoms with Crippen molar-refractivity contribution >= 4 is 5.84 Å². The predicted octanol–water partition coefficient (Wildman–Crippen LogP) is 3.52. The number of hydrazone groups is 1. The smallest absolute Gasteiger partial charge is 0.174 e. The van der Waals surface area contributed by atoms with Gasteiger partial charge in [0.1, 0.15) is 17.8 Å². The molecule has 1 aliphatic carbocycles. The van der Waals surface area contributed by atoms with Crippen molar-refractivity contribution in [1.29, 1.82) is 5.26 Å². The Balaban J connectivity index is 1.30. The maximum Gasteiger partial charge on any atom is 0.174 e. The Morgan fingerprint density at radius 2 is 1.89 bits per heavy atom. The number of benzene rings is 1. The summed E-state index contributed by atoms with van der Waals surface area (Å²) in [6, 6.07) is 13.2. The highest BCUT2D eigenvalue weighted by Gasteiger charge is 2.37. The number of hydrogen-bond acceptors (Lipinski definition) is 5. The van der Waals surface area contributed by atoms with Crippen LogP contribution in [0.5, 0.6) is 0 Å². The molecule has 4 aliphatic rings. The molecule has 5 nitrogen and oxygen atoms in total. The van der Waals surface area contributed by atoms with Gasteiger partial charge < -0.3 is 9.80 Å². The van der Waals surface area contributed by atoms with Crippen molar-refractivity contribution in [3.05, 3.63) is 59.4 Å². The molecule has 1 N–H and O–H groups in total. The molecule has 1 aromatic carbocycles. The second kappa shape index (κ2) is 6.77. The quantitative estimate of drug-likeness (QED) is 0.894. The normalized spacial score (nSPS) is 25.1. The predicted molar refractivity (Wildman–Crippen MR) is 105 cm³/mol. The molecule has 5 rings (SSSR count). The fourth-order valence-electron chi connectivity index (χ4n) is 4.50. The summed E-state index contributed by atoms with van der Waals surface area (Å²) in [7, 11) is 0. The summed E-state index contributed by atoms with van der Waals surface area (Å²) >= 11 is 0. The summed E-state index contributed by atoms with van der Waals surface area (Å²) in [6.45, 7) is 1.97. The minimum atomic E-state index is 0.206. The number of hydrogen-bond donors (Lipinski definition) is 1. The van der Waals surface area contributed by atoms with Crippen LogP contribution in [0.3, 0.4) is 0 Å². The lowest BCUT2D eigenvalue weighted by atomic mass is 9.89. The molecular formula is C22H25N5. The Kier molecular flexibility index (Phi) is 4.12. The molecule has 1 unspecified atom stereocenters. The molecule has 138 valence electrons. The van der Waals surface area contributed by atoms with E-state index in [0.717, 1.165) is 49.8 Å². The van der Waals surface area contributed by atoms with Crippen LogP contribution in [0.15, 0.2) is 59.0 Å². The van der Waals surface area contributed by atoms with E-state index in [-0.39, 0.29) is 6.17 Å². The van der Waals surface area contributed by atoms with Crippen molar-refractivity contribution in [1.82, 2.24) is 15.2 Å².